The van der Waals surface area contributed by atoms with Crippen molar-refractivity contribution in [1.82, 2.24) is 0 Å². The molecule has 0 atom stereocenters. The molecule has 0 aliphatic heterocycles. The van der Waals surface area contributed by atoms with E-state index >= 15 is 0 Å². The van der Waals surface area contributed by atoms with Crippen molar-refractivity contribution >= 4 is 63.5 Å². The van der Waals surface area contributed by atoms with Crippen LogP contribution in [0.3, 0.4) is 0 Å². The first-order valence-electron chi connectivity index (χ1n) is 5.12. The van der Waals surface area contributed by atoms with E-state index in [1.165, 1.54) is 6.07 Å². The second-order valence-corrected chi connectivity index (χ2v) is 8.03. The molecule has 0 aromatic heterocycles. The van der Waals surface area contributed by atoms with Crippen molar-refractivity contribution < 1.29 is 8.42 Å². The Balaban J connectivity index is 2.38. The number of sulfonamides is 1. The summed E-state index contributed by atoms with van der Waals surface area (Å²) in [4.78, 5) is 0.190. The topological polar surface area (TPSA) is 46.2 Å². The molecule has 0 amide bonds. The average Bonchev–Trinajstić information content (AvgIpc) is 2.27. The van der Waals surface area contributed by atoms with E-state index < -0.39 is 10.0 Å². The molecule has 2 aromatic rings. The van der Waals surface area contributed by atoms with Gasteiger partial charge in [0.2, 0.25) is 0 Å². The summed E-state index contributed by atoms with van der Waals surface area (Å²) in [5.74, 6) is 0. The largest absolute Gasteiger partial charge is 0.280 e. The van der Waals surface area contributed by atoms with Crippen LogP contribution in [-0.4, -0.2) is 8.42 Å². The highest BCUT2D eigenvalue weighted by Crippen LogP contribution is 2.27. The number of hydrogen-bond acceptors (Lipinski definition) is 2. The molecule has 0 bridgehead atoms. The van der Waals surface area contributed by atoms with Gasteiger partial charge in [0.15, 0.2) is 0 Å². The predicted octanol–water partition coefficient (Wildman–Crippen LogP) is 4.77. The van der Waals surface area contributed by atoms with Crippen molar-refractivity contribution in [2.24, 2.45) is 0 Å². The standard InChI is InChI=1S/C12H8Br3NO2S/c13-8-2-1-3-10(6-8)16-19(17,18)12-5-4-9(14)7-11(12)15/h1-7,16H. The normalized spacial score (nSPS) is 11.3. The molecule has 2 aromatic carbocycles. The summed E-state index contributed by atoms with van der Waals surface area (Å²) in [7, 11) is -3.62. The third-order valence-electron chi connectivity index (χ3n) is 2.26. The first-order valence-corrected chi connectivity index (χ1v) is 8.98. The monoisotopic (exact) mass is 467 g/mol. The Morgan fingerprint density at radius 1 is 0.895 bits per heavy atom. The third-order valence-corrected chi connectivity index (χ3v) is 5.60. The summed E-state index contributed by atoms with van der Waals surface area (Å²) in [6, 6.07) is 11.9. The summed E-state index contributed by atoms with van der Waals surface area (Å²) in [5, 5.41) is 0. The average molecular weight is 470 g/mol. The van der Waals surface area contributed by atoms with Crippen LogP contribution in [0.2, 0.25) is 0 Å². The van der Waals surface area contributed by atoms with Gasteiger partial charge in [0.1, 0.15) is 4.90 Å². The van der Waals surface area contributed by atoms with E-state index in [0.717, 1.165) is 8.95 Å². The van der Waals surface area contributed by atoms with Crippen molar-refractivity contribution in [3.63, 3.8) is 0 Å². The fourth-order valence-corrected chi connectivity index (χ4v) is 4.65. The summed E-state index contributed by atoms with van der Waals surface area (Å²) >= 11 is 9.84. The first-order chi connectivity index (χ1) is 8.88. The molecule has 19 heavy (non-hydrogen) atoms. The highest BCUT2D eigenvalue weighted by atomic mass is 79.9. The predicted molar refractivity (Wildman–Crippen MR) is 86.8 cm³/mol. The molecule has 0 aliphatic rings. The Morgan fingerprint density at radius 3 is 2.21 bits per heavy atom. The minimum Gasteiger partial charge on any atom is -0.280 e. The van der Waals surface area contributed by atoms with Crippen molar-refractivity contribution in [1.29, 1.82) is 0 Å². The molecule has 7 heteroatoms. The zero-order valence-corrected chi connectivity index (χ0v) is 15.0. The van der Waals surface area contributed by atoms with Crippen LogP contribution in [-0.2, 0) is 10.0 Å². The smallest absolute Gasteiger partial charge is 0.263 e. The molecule has 2 rings (SSSR count). The summed E-state index contributed by atoms with van der Waals surface area (Å²) in [6.45, 7) is 0. The molecule has 0 aliphatic carbocycles. The van der Waals surface area contributed by atoms with Gasteiger partial charge in [-0.2, -0.15) is 0 Å². The summed E-state index contributed by atoms with van der Waals surface area (Å²) < 4.78 is 29.2. The molecular weight excluding hydrogens is 462 g/mol. The molecule has 0 heterocycles. The lowest BCUT2D eigenvalue weighted by Crippen LogP contribution is -2.13. The Bertz CT molecular complexity index is 717. The zero-order chi connectivity index (χ0) is 14.0. The molecule has 0 fully saturated rings. The second-order valence-electron chi connectivity index (χ2n) is 3.69. The Labute approximate surface area is 136 Å². The SMILES string of the molecule is O=S(=O)(Nc1cccc(Br)c1)c1ccc(Br)cc1Br. The van der Waals surface area contributed by atoms with Gasteiger partial charge in [-0.05, 0) is 52.3 Å². The van der Waals surface area contributed by atoms with Crippen molar-refractivity contribution in [3.05, 3.63) is 55.9 Å². The number of nitrogens with one attached hydrogen (secondary N) is 1. The highest BCUT2D eigenvalue weighted by Gasteiger charge is 2.17. The van der Waals surface area contributed by atoms with Gasteiger partial charge >= 0.3 is 0 Å². The van der Waals surface area contributed by atoms with Gasteiger partial charge in [0, 0.05) is 19.1 Å². The second kappa shape index (κ2) is 5.95. The van der Waals surface area contributed by atoms with E-state index in [1.807, 2.05) is 6.07 Å². The number of rotatable bonds is 3. The van der Waals surface area contributed by atoms with Gasteiger partial charge in [-0.1, -0.05) is 37.9 Å². The van der Waals surface area contributed by atoms with E-state index in [4.69, 9.17) is 0 Å². The first kappa shape index (κ1) is 15.0. The number of halogens is 3. The molecule has 3 nitrogen and oxygen atoms in total. The van der Waals surface area contributed by atoms with Gasteiger partial charge < -0.3 is 0 Å². The van der Waals surface area contributed by atoms with E-state index in [0.29, 0.717) is 10.2 Å². The quantitative estimate of drug-likeness (QED) is 0.703. The Morgan fingerprint density at radius 2 is 1.58 bits per heavy atom. The van der Waals surface area contributed by atoms with Crippen molar-refractivity contribution in [3.8, 4) is 0 Å². The van der Waals surface area contributed by atoms with Crippen LogP contribution in [0.4, 0.5) is 5.69 Å². The molecule has 0 spiro atoms. The molecule has 0 radical (unpaired) electrons. The lowest BCUT2D eigenvalue weighted by molar-refractivity contribution is 0.600. The van der Waals surface area contributed by atoms with Gasteiger partial charge in [0.25, 0.3) is 10.0 Å². The van der Waals surface area contributed by atoms with Crippen LogP contribution >= 0.6 is 47.8 Å². The molecule has 0 saturated carbocycles. The van der Waals surface area contributed by atoms with Crippen LogP contribution in [0.25, 0.3) is 0 Å². The van der Waals surface area contributed by atoms with Gasteiger partial charge in [-0.3, -0.25) is 4.72 Å². The van der Waals surface area contributed by atoms with Crippen LogP contribution in [0.1, 0.15) is 0 Å². The molecular formula is C12H8Br3NO2S. The Kier molecular flexibility index (Phi) is 4.70. The molecule has 1 N–H and O–H groups in total. The van der Waals surface area contributed by atoms with Crippen LogP contribution in [0.15, 0.2) is 60.8 Å². The van der Waals surface area contributed by atoms with E-state index in [-0.39, 0.29) is 4.90 Å². The van der Waals surface area contributed by atoms with Crippen LogP contribution in [0.5, 0.6) is 0 Å². The fraction of sp³-hybridized carbons (Fsp3) is 0. The molecule has 0 unspecified atom stereocenters. The van der Waals surface area contributed by atoms with Crippen LogP contribution < -0.4 is 4.72 Å². The molecule has 100 valence electrons. The van der Waals surface area contributed by atoms with Crippen LogP contribution in [0, 0.1) is 0 Å². The van der Waals surface area contributed by atoms with E-state index in [1.54, 1.807) is 30.3 Å². The van der Waals surface area contributed by atoms with Gasteiger partial charge in [-0.15, -0.1) is 0 Å². The van der Waals surface area contributed by atoms with Crippen molar-refractivity contribution in [2.45, 2.75) is 4.90 Å². The number of hydrogen-bond donors (Lipinski definition) is 1. The lowest BCUT2D eigenvalue weighted by Gasteiger charge is -2.10. The highest BCUT2D eigenvalue weighted by molar-refractivity contribution is 9.11. The zero-order valence-electron chi connectivity index (χ0n) is 9.40. The van der Waals surface area contributed by atoms with Gasteiger partial charge in [0.05, 0.1) is 0 Å². The number of anilines is 1. The summed E-state index contributed by atoms with van der Waals surface area (Å²) in [5.41, 5.74) is 0.504. The third kappa shape index (κ3) is 3.81. The fourth-order valence-electron chi connectivity index (χ4n) is 1.46. The maximum atomic E-state index is 12.3. The number of benzene rings is 2. The van der Waals surface area contributed by atoms with E-state index in [9.17, 15) is 8.42 Å². The van der Waals surface area contributed by atoms with Gasteiger partial charge in [-0.25, -0.2) is 8.42 Å². The summed E-state index contributed by atoms with van der Waals surface area (Å²) in [6.07, 6.45) is 0. The van der Waals surface area contributed by atoms with E-state index in [2.05, 4.69) is 52.5 Å². The molecule has 0 saturated heterocycles. The minimum atomic E-state index is -3.62. The maximum absolute atomic E-state index is 12.3. The lowest BCUT2D eigenvalue weighted by atomic mass is 10.3. The van der Waals surface area contributed by atoms with Crippen molar-refractivity contribution in [2.75, 3.05) is 4.72 Å². The maximum Gasteiger partial charge on any atom is 0.263 e. The minimum absolute atomic E-state index is 0.190. The Hall–Kier alpha value is -0.370.